The third kappa shape index (κ3) is 3.37. The molecule has 104 valence electrons. The molecule has 2 heteroatoms. The van der Waals surface area contributed by atoms with E-state index in [9.17, 15) is 9.90 Å². The van der Waals surface area contributed by atoms with E-state index in [4.69, 9.17) is 0 Å². The van der Waals surface area contributed by atoms with Crippen molar-refractivity contribution in [2.45, 2.75) is 57.8 Å². The molecule has 1 saturated carbocycles. The molecule has 2 nitrogen and oxygen atoms in total. The molecule has 1 fully saturated rings. The number of aliphatic carboxylic acids is 1. The molecule has 0 unspecified atom stereocenters. The zero-order valence-corrected chi connectivity index (χ0v) is 12.0. The predicted molar refractivity (Wildman–Crippen MR) is 77.4 cm³/mol. The smallest absolute Gasteiger partial charge is 0.313 e. The summed E-state index contributed by atoms with van der Waals surface area (Å²) in [6.07, 6.45) is 7.98. The van der Waals surface area contributed by atoms with Crippen molar-refractivity contribution >= 4 is 5.97 Å². The van der Waals surface area contributed by atoms with E-state index in [2.05, 4.69) is 12.1 Å². The molecule has 1 aromatic carbocycles. The third-order valence-corrected chi connectivity index (χ3v) is 4.46. The highest BCUT2D eigenvalue weighted by Gasteiger charge is 2.29. The number of carboxylic acid groups (broad SMARTS) is 1. The van der Waals surface area contributed by atoms with Gasteiger partial charge in [0, 0.05) is 0 Å². The second kappa shape index (κ2) is 5.77. The van der Waals surface area contributed by atoms with Gasteiger partial charge in [-0.1, -0.05) is 56.4 Å². The minimum atomic E-state index is -0.802. The zero-order valence-electron chi connectivity index (χ0n) is 12.0. The van der Waals surface area contributed by atoms with Gasteiger partial charge >= 0.3 is 5.97 Å². The fraction of sp³-hybridized carbons (Fsp3) is 0.588. The molecule has 19 heavy (non-hydrogen) atoms. The van der Waals surface area contributed by atoms with Gasteiger partial charge in [0.1, 0.15) is 0 Å². The van der Waals surface area contributed by atoms with Gasteiger partial charge in [0.15, 0.2) is 0 Å². The van der Waals surface area contributed by atoms with Gasteiger partial charge in [-0.15, -0.1) is 0 Å². The number of rotatable bonds is 4. The SMILES string of the molecule is CC(C)(C(=O)O)c1ccc(CC2CCCCC2)cc1. The van der Waals surface area contributed by atoms with Crippen LogP contribution in [0.4, 0.5) is 0 Å². The van der Waals surface area contributed by atoms with Crippen molar-refractivity contribution in [2.24, 2.45) is 5.92 Å². The van der Waals surface area contributed by atoms with Crippen LogP contribution in [0.1, 0.15) is 57.1 Å². The van der Waals surface area contributed by atoms with Crippen LogP contribution in [0, 0.1) is 5.92 Å². The van der Waals surface area contributed by atoms with Crippen molar-refractivity contribution in [3.63, 3.8) is 0 Å². The highest BCUT2D eigenvalue weighted by atomic mass is 16.4. The molecule has 1 aliphatic carbocycles. The Labute approximate surface area is 115 Å². The lowest BCUT2D eigenvalue weighted by Crippen LogP contribution is -2.28. The first-order chi connectivity index (χ1) is 9.00. The topological polar surface area (TPSA) is 37.3 Å². The summed E-state index contributed by atoms with van der Waals surface area (Å²) < 4.78 is 0. The molecule has 2 rings (SSSR count). The lowest BCUT2D eigenvalue weighted by molar-refractivity contribution is -0.142. The van der Waals surface area contributed by atoms with Gasteiger partial charge in [-0.05, 0) is 37.3 Å². The van der Waals surface area contributed by atoms with Crippen LogP contribution in [0.25, 0.3) is 0 Å². The summed E-state index contributed by atoms with van der Waals surface area (Å²) in [5, 5.41) is 9.23. The highest BCUT2D eigenvalue weighted by Crippen LogP contribution is 2.28. The lowest BCUT2D eigenvalue weighted by Gasteiger charge is -2.23. The minimum absolute atomic E-state index is 0.771. The molecular weight excluding hydrogens is 236 g/mol. The normalized spacial score (nSPS) is 17.4. The monoisotopic (exact) mass is 260 g/mol. The molecule has 1 N–H and O–H groups in total. The van der Waals surface area contributed by atoms with E-state index in [1.807, 2.05) is 12.1 Å². The van der Waals surface area contributed by atoms with Crippen LogP contribution in [0.3, 0.4) is 0 Å². The number of carboxylic acids is 1. The quantitative estimate of drug-likeness (QED) is 0.882. The Kier molecular flexibility index (Phi) is 4.28. The van der Waals surface area contributed by atoms with Crippen LogP contribution in [-0.4, -0.2) is 11.1 Å². The molecule has 0 saturated heterocycles. The van der Waals surface area contributed by atoms with Crippen molar-refractivity contribution in [2.75, 3.05) is 0 Å². The molecule has 0 aliphatic heterocycles. The molecule has 1 aliphatic rings. The Morgan fingerprint density at radius 1 is 1.16 bits per heavy atom. The second-order valence-corrected chi connectivity index (χ2v) is 6.34. The molecule has 1 aromatic rings. The maximum atomic E-state index is 11.2. The van der Waals surface area contributed by atoms with Crippen molar-refractivity contribution < 1.29 is 9.90 Å². The molecule has 0 spiro atoms. The largest absolute Gasteiger partial charge is 0.481 e. The minimum Gasteiger partial charge on any atom is -0.481 e. The summed E-state index contributed by atoms with van der Waals surface area (Å²) in [7, 11) is 0. The Hall–Kier alpha value is -1.31. The highest BCUT2D eigenvalue weighted by molar-refractivity contribution is 5.80. The van der Waals surface area contributed by atoms with Crippen LogP contribution >= 0.6 is 0 Å². The van der Waals surface area contributed by atoms with E-state index in [0.717, 1.165) is 17.9 Å². The standard InChI is InChI=1S/C17H24O2/c1-17(2,16(18)19)15-10-8-14(9-11-15)12-13-6-4-3-5-7-13/h8-11,13H,3-7,12H2,1-2H3,(H,18,19). The lowest BCUT2D eigenvalue weighted by atomic mass is 9.82. The Morgan fingerprint density at radius 2 is 1.74 bits per heavy atom. The first-order valence-electron chi connectivity index (χ1n) is 7.33. The number of carbonyl (C=O) groups is 1. The van der Waals surface area contributed by atoms with Crippen LogP contribution in [0.15, 0.2) is 24.3 Å². The maximum absolute atomic E-state index is 11.2. The average Bonchev–Trinajstić information content (AvgIpc) is 2.40. The van der Waals surface area contributed by atoms with E-state index in [1.54, 1.807) is 13.8 Å². The molecule has 0 heterocycles. The van der Waals surface area contributed by atoms with Crippen molar-refractivity contribution in [1.82, 2.24) is 0 Å². The van der Waals surface area contributed by atoms with Crippen LogP contribution in [0.5, 0.6) is 0 Å². The molecule has 0 aromatic heterocycles. The van der Waals surface area contributed by atoms with Crippen LogP contribution in [0.2, 0.25) is 0 Å². The van der Waals surface area contributed by atoms with E-state index in [-0.39, 0.29) is 0 Å². The van der Waals surface area contributed by atoms with Crippen molar-refractivity contribution in [3.8, 4) is 0 Å². The fourth-order valence-electron chi connectivity index (χ4n) is 2.91. The van der Waals surface area contributed by atoms with E-state index in [0.29, 0.717) is 0 Å². The van der Waals surface area contributed by atoms with E-state index in [1.165, 1.54) is 37.7 Å². The summed E-state index contributed by atoms with van der Waals surface area (Å²) in [6, 6.07) is 8.17. The fourth-order valence-corrected chi connectivity index (χ4v) is 2.91. The second-order valence-electron chi connectivity index (χ2n) is 6.34. The molecule has 0 amide bonds. The summed E-state index contributed by atoms with van der Waals surface area (Å²) in [5.74, 6) is 0.0552. The Balaban J connectivity index is 2.04. The van der Waals surface area contributed by atoms with Crippen molar-refractivity contribution in [1.29, 1.82) is 0 Å². The van der Waals surface area contributed by atoms with Gasteiger partial charge in [0.05, 0.1) is 5.41 Å². The van der Waals surface area contributed by atoms with E-state index >= 15 is 0 Å². The van der Waals surface area contributed by atoms with Crippen molar-refractivity contribution in [3.05, 3.63) is 35.4 Å². The number of hydrogen-bond donors (Lipinski definition) is 1. The zero-order chi connectivity index (χ0) is 13.9. The molecule has 0 atom stereocenters. The molecular formula is C17H24O2. The number of hydrogen-bond acceptors (Lipinski definition) is 1. The first-order valence-corrected chi connectivity index (χ1v) is 7.33. The van der Waals surface area contributed by atoms with Gasteiger partial charge in [-0.25, -0.2) is 0 Å². The predicted octanol–water partition coefficient (Wildman–Crippen LogP) is 4.17. The van der Waals surface area contributed by atoms with Gasteiger partial charge in [-0.3, -0.25) is 4.79 Å². The van der Waals surface area contributed by atoms with Crippen LogP contribution < -0.4 is 0 Å². The first kappa shape index (κ1) is 14.1. The van der Waals surface area contributed by atoms with Crippen LogP contribution in [-0.2, 0) is 16.6 Å². The third-order valence-electron chi connectivity index (χ3n) is 4.46. The van der Waals surface area contributed by atoms with Gasteiger partial charge in [0.2, 0.25) is 0 Å². The average molecular weight is 260 g/mol. The summed E-state index contributed by atoms with van der Waals surface area (Å²) in [4.78, 5) is 11.2. The summed E-state index contributed by atoms with van der Waals surface area (Å²) >= 11 is 0. The summed E-state index contributed by atoms with van der Waals surface area (Å²) in [5.41, 5.74) is 1.42. The van der Waals surface area contributed by atoms with Gasteiger partial charge < -0.3 is 5.11 Å². The molecule has 0 bridgehead atoms. The Morgan fingerprint density at radius 3 is 2.26 bits per heavy atom. The summed E-state index contributed by atoms with van der Waals surface area (Å²) in [6.45, 7) is 3.51. The van der Waals surface area contributed by atoms with Gasteiger partial charge in [0.25, 0.3) is 0 Å². The number of benzene rings is 1. The Bertz CT molecular complexity index is 425. The van der Waals surface area contributed by atoms with Gasteiger partial charge in [-0.2, -0.15) is 0 Å². The maximum Gasteiger partial charge on any atom is 0.313 e. The molecule has 0 radical (unpaired) electrons. The van der Waals surface area contributed by atoms with E-state index < -0.39 is 11.4 Å².